The number of hydrogen-bond acceptors (Lipinski definition) is 2. The number of imidazole rings is 1. The molecule has 31 heavy (non-hydrogen) atoms. The number of unbranched alkanes of at least 4 members (excludes halogenated alkanes) is 1. The molecule has 3 nitrogen and oxygen atoms in total. The molecule has 3 heteroatoms. The molecule has 5 rings (SSSR count). The Morgan fingerprint density at radius 2 is 1.61 bits per heavy atom. The molecular formula is C28H35N3. The van der Waals surface area contributed by atoms with Gasteiger partial charge in [0, 0.05) is 10.8 Å². The molecule has 0 saturated heterocycles. The molecule has 2 aromatic heterocycles. The number of benzene rings is 2. The number of para-hydroxylation sites is 1. The van der Waals surface area contributed by atoms with Crippen LogP contribution in [0.15, 0.2) is 36.4 Å². The van der Waals surface area contributed by atoms with E-state index in [-0.39, 0.29) is 16.2 Å². The fourth-order valence-corrected chi connectivity index (χ4v) is 6.04. The summed E-state index contributed by atoms with van der Waals surface area (Å²) in [4.78, 5) is 10.4. The second-order valence-electron chi connectivity index (χ2n) is 11.5. The Kier molecular flexibility index (Phi) is 4.32. The SMILES string of the molecule is CCCCC(C)(C)c1nc2ccccc2c2nc3cc4c(cc3n12)C(C)(C)CC4(C)C. The van der Waals surface area contributed by atoms with E-state index in [1.165, 1.54) is 35.9 Å². The van der Waals surface area contributed by atoms with Crippen molar-refractivity contribution in [1.29, 1.82) is 0 Å². The Bertz CT molecular complexity index is 1320. The van der Waals surface area contributed by atoms with Gasteiger partial charge in [-0.1, -0.05) is 73.4 Å². The van der Waals surface area contributed by atoms with Gasteiger partial charge in [-0.15, -0.1) is 0 Å². The topological polar surface area (TPSA) is 30.2 Å². The average Bonchev–Trinajstić information content (AvgIpc) is 3.16. The van der Waals surface area contributed by atoms with Crippen LogP contribution >= 0.6 is 0 Å². The molecule has 0 atom stereocenters. The van der Waals surface area contributed by atoms with Gasteiger partial charge < -0.3 is 0 Å². The Hall–Kier alpha value is -2.42. The highest BCUT2D eigenvalue weighted by atomic mass is 15.1. The summed E-state index contributed by atoms with van der Waals surface area (Å²) in [6.07, 6.45) is 4.68. The summed E-state index contributed by atoms with van der Waals surface area (Å²) in [5.74, 6) is 1.13. The van der Waals surface area contributed by atoms with Crippen molar-refractivity contribution in [1.82, 2.24) is 14.4 Å². The lowest BCUT2D eigenvalue weighted by Gasteiger charge is -2.26. The van der Waals surface area contributed by atoms with Crippen LogP contribution in [0.1, 0.15) is 91.1 Å². The Morgan fingerprint density at radius 3 is 2.32 bits per heavy atom. The third kappa shape index (κ3) is 3.00. The van der Waals surface area contributed by atoms with Gasteiger partial charge in [-0.25, -0.2) is 9.97 Å². The second kappa shape index (κ2) is 6.54. The van der Waals surface area contributed by atoms with Gasteiger partial charge in [-0.3, -0.25) is 4.40 Å². The molecule has 0 fully saturated rings. The van der Waals surface area contributed by atoms with Gasteiger partial charge in [0.1, 0.15) is 11.5 Å². The maximum absolute atomic E-state index is 5.23. The van der Waals surface area contributed by atoms with Gasteiger partial charge in [-0.05, 0) is 59.1 Å². The predicted molar refractivity (Wildman–Crippen MR) is 131 cm³/mol. The maximum Gasteiger partial charge on any atom is 0.148 e. The van der Waals surface area contributed by atoms with Crippen LogP contribution in [-0.2, 0) is 16.2 Å². The maximum atomic E-state index is 5.23. The molecule has 2 heterocycles. The molecule has 0 unspecified atom stereocenters. The highest BCUT2D eigenvalue weighted by Gasteiger charge is 2.42. The Labute approximate surface area is 185 Å². The molecular weight excluding hydrogens is 378 g/mol. The van der Waals surface area contributed by atoms with Crippen molar-refractivity contribution in [3.05, 3.63) is 53.3 Å². The zero-order chi connectivity index (χ0) is 22.2. The predicted octanol–water partition coefficient (Wildman–Crippen LogP) is 7.46. The quantitative estimate of drug-likeness (QED) is 0.347. The fourth-order valence-electron chi connectivity index (χ4n) is 6.04. The highest BCUT2D eigenvalue weighted by Crippen LogP contribution is 2.50. The number of hydrogen-bond donors (Lipinski definition) is 0. The number of fused-ring (bicyclic) bond motifs is 6. The number of rotatable bonds is 4. The lowest BCUT2D eigenvalue weighted by molar-refractivity contribution is 0.403. The standard InChI is InChI=1S/C28H35N3/c1-8-9-14-26(2,3)25-30-21-13-11-10-12-18(21)24-29-22-15-19-20(16-23(22)31(24)25)28(6,7)17-27(19,4)5/h10-13,15-16H,8-9,14,17H2,1-7H3. The van der Waals surface area contributed by atoms with Crippen LogP contribution in [0, 0.1) is 0 Å². The van der Waals surface area contributed by atoms with Crippen LogP contribution in [0.5, 0.6) is 0 Å². The molecule has 0 aliphatic heterocycles. The summed E-state index contributed by atoms with van der Waals surface area (Å²) in [5, 5.41) is 1.13. The van der Waals surface area contributed by atoms with E-state index in [1.54, 1.807) is 0 Å². The van der Waals surface area contributed by atoms with Crippen LogP contribution in [0.25, 0.3) is 27.6 Å². The van der Waals surface area contributed by atoms with Crippen molar-refractivity contribution in [3.8, 4) is 0 Å². The average molecular weight is 414 g/mol. The summed E-state index contributed by atoms with van der Waals surface area (Å²) in [6.45, 7) is 16.5. The van der Waals surface area contributed by atoms with Crippen LogP contribution in [-0.4, -0.2) is 14.4 Å². The second-order valence-corrected chi connectivity index (χ2v) is 11.5. The van der Waals surface area contributed by atoms with Crippen LogP contribution in [0.4, 0.5) is 0 Å². The van der Waals surface area contributed by atoms with Crippen molar-refractivity contribution in [2.75, 3.05) is 0 Å². The van der Waals surface area contributed by atoms with Gasteiger partial charge in [0.25, 0.3) is 0 Å². The molecule has 162 valence electrons. The largest absolute Gasteiger partial charge is 0.279 e. The summed E-state index contributed by atoms with van der Waals surface area (Å²) in [7, 11) is 0. The highest BCUT2D eigenvalue weighted by molar-refractivity contribution is 5.97. The third-order valence-corrected chi connectivity index (χ3v) is 7.48. The van der Waals surface area contributed by atoms with E-state index in [0.717, 1.165) is 34.3 Å². The van der Waals surface area contributed by atoms with Crippen molar-refractivity contribution < 1.29 is 0 Å². The van der Waals surface area contributed by atoms with Gasteiger partial charge in [0.15, 0.2) is 0 Å². The molecule has 0 radical (unpaired) electrons. The van der Waals surface area contributed by atoms with E-state index in [1.807, 2.05) is 0 Å². The zero-order valence-corrected chi connectivity index (χ0v) is 20.1. The van der Waals surface area contributed by atoms with E-state index in [0.29, 0.717) is 0 Å². The lowest BCUT2D eigenvalue weighted by atomic mass is 9.82. The van der Waals surface area contributed by atoms with E-state index in [9.17, 15) is 0 Å². The van der Waals surface area contributed by atoms with Crippen LogP contribution < -0.4 is 0 Å². The van der Waals surface area contributed by atoms with Crippen molar-refractivity contribution in [3.63, 3.8) is 0 Å². The molecule has 0 N–H and O–H groups in total. The molecule has 0 spiro atoms. The van der Waals surface area contributed by atoms with Crippen molar-refractivity contribution in [2.24, 2.45) is 0 Å². The zero-order valence-electron chi connectivity index (χ0n) is 20.1. The van der Waals surface area contributed by atoms with E-state index in [2.05, 4.69) is 89.3 Å². The van der Waals surface area contributed by atoms with Crippen LogP contribution in [0.2, 0.25) is 0 Å². The Balaban J connectivity index is 1.91. The first-order chi connectivity index (χ1) is 14.5. The monoisotopic (exact) mass is 413 g/mol. The van der Waals surface area contributed by atoms with Gasteiger partial charge in [0.2, 0.25) is 0 Å². The van der Waals surface area contributed by atoms with Gasteiger partial charge in [-0.2, -0.15) is 0 Å². The summed E-state index contributed by atoms with van der Waals surface area (Å²) < 4.78 is 2.37. The molecule has 4 aromatic rings. The number of nitrogens with zero attached hydrogens (tertiary/aromatic N) is 3. The van der Waals surface area contributed by atoms with Crippen molar-refractivity contribution >= 4 is 27.6 Å². The fraction of sp³-hybridized carbons (Fsp3) is 0.500. The summed E-state index contributed by atoms with van der Waals surface area (Å²) in [6, 6.07) is 13.3. The van der Waals surface area contributed by atoms with Gasteiger partial charge >= 0.3 is 0 Å². The van der Waals surface area contributed by atoms with Gasteiger partial charge in [0.05, 0.1) is 16.6 Å². The molecule has 1 aliphatic carbocycles. The minimum Gasteiger partial charge on any atom is -0.279 e. The minimum atomic E-state index is -0.0281. The smallest absolute Gasteiger partial charge is 0.148 e. The normalized spacial score (nSPS) is 17.6. The van der Waals surface area contributed by atoms with E-state index < -0.39 is 0 Å². The minimum absolute atomic E-state index is 0.0281. The molecule has 2 aromatic carbocycles. The van der Waals surface area contributed by atoms with Crippen molar-refractivity contribution in [2.45, 2.75) is 90.4 Å². The third-order valence-electron chi connectivity index (χ3n) is 7.48. The molecule has 0 saturated carbocycles. The van der Waals surface area contributed by atoms with E-state index >= 15 is 0 Å². The van der Waals surface area contributed by atoms with E-state index in [4.69, 9.17) is 9.97 Å². The molecule has 0 amide bonds. The first-order valence-electron chi connectivity index (χ1n) is 11.8. The first-order valence-corrected chi connectivity index (χ1v) is 11.8. The molecule has 0 bridgehead atoms. The Morgan fingerprint density at radius 1 is 0.935 bits per heavy atom. The lowest BCUT2D eigenvalue weighted by Crippen LogP contribution is -2.23. The van der Waals surface area contributed by atoms with Crippen LogP contribution in [0.3, 0.4) is 0 Å². The molecule has 1 aliphatic rings. The number of aromatic nitrogens is 3. The first kappa shape index (κ1) is 20.5. The summed E-state index contributed by atoms with van der Waals surface area (Å²) in [5.41, 5.74) is 7.62. The summed E-state index contributed by atoms with van der Waals surface area (Å²) >= 11 is 0.